The fourth-order valence-electron chi connectivity index (χ4n) is 4.24. The summed E-state index contributed by atoms with van der Waals surface area (Å²) in [5, 5.41) is 3.11. The van der Waals surface area contributed by atoms with Crippen LogP contribution in [0.1, 0.15) is 43.7 Å². The molecule has 1 fully saturated rings. The molecule has 6 heteroatoms. The molecular formula is C33H35F2N3O. The standard InChI is InChI=1S/C18H17N3O.C15H18F2/c1-19-15-7-3-13(4-8-15)17-18(21-12-11-20-17)14-5-9-16(22-2)10-6-14;1-2-15(16,17)14-10-8-13(9-11-14)7-6-12-4-3-5-12/h3-12,19H,1-2H3;6,8-11H,2-5,7H2,1H3. The van der Waals surface area contributed by atoms with Crippen molar-refractivity contribution >= 4 is 5.69 Å². The van der Waals surface area contributed by atoms with Gasteiger partial charge in [0.05, 0.1) is 18.5 Å². The van der Waals surface area contributed by atoms with E-state index in [0.29, 0.717) is 0 Å². The number of nitrogens with zero attached hydrogens (tertiary/aromatic N) is 2. The van der Waals surface area contributed by atoms with Gasteiger partial charge in [-0.2, -0.15) is 0 Å². The maximum Gasteiger partial charge on any atom is 0.273 e. The molecular weight excluding hydrogens is 492 g/mol. The number of rotatable bonds is 8. The Labute approximate surface area is 229 Å². The second-order valence-corrected chi connectivity index (χ2v) is 9.48. The summed E-state index contributed by atoms with van der Waals surface area (Å²) >= 11 is 0. The zero-order valence-electron chi connectivity index (χ0n) is 22.8. The summed E-state index contributed by atoms with van der Waals surface area (Å²) in [6, 6.07) is 22.7. The van der Waals surface area contributed by atoms with Gasteiger partial charge in [0.1, 0.15) is 5.75 Å². The number of hydrogen-bond acceptors (Lipinski definition) is 4. The number of allylic oxidation sites excluding steroid dienone is 2. The molecule has 39 heavy (non-hydrogen) atoms. The first kappa shape index (κ1) is 28.0. The Kier molecular flexibility index (Phi) is 9.42. The van der Waals surface area contributed by atoms with Crippen molar-refractivity contribution < 1.29 is 13.5 Å². The minimum absolute atomic E-state index is 0.125. The number of alkyl halides is 2. The molecule has 0 atom stereocenters. The van der Waals surface area contributed by atoms with Crippen LogP contribution in [-0.4, -0.2) is 24.1 Å². The Morgan fingerprint density at radius 2 is 1.41 bits per heavy atom. The van der Waals surface area contributed by atoms with Crippen molar-refractivity contribution in [1.82, 2.24) is 9.97 Å². The van der Waals surface area contributed by atoms with Gasteiger partial charge >= 0.3 is 0 Å². The second-order valence-electron chi connectivity index (χ2n) is 9.48. The van der Waals surface area contributed by atoms with E-state index in [2.05, 4.69) is 21.4 Å². The van der Waals surface area contributed by atoms with Gasteiger partial charge < -0.3 is 10.1 Å². The summed E-state index contributed by atoms with van der Waals surface area (Å²) in [6.45, 7) is 1.51. The zero-order valence-corrected chi connectivity index (χ0v) is 22.8. The molecule has 0 spiro atoms. The van der Waals surface area contributed by atoms with Crippen LogP contribution in [-0.2, 0) is 12.3 Å². The van der Waals surface area contributed by atoms with Gasteiger partial charge in [-0.1, -0.05) is 55.0 Å². The van der Waals surface area contributed by atoms with Gasteiger partial charge in [0.2, 0.25) is 0 Å². The summed E-state index contributed by atoms with van der Waals surface area (Å²) in [5.41, 5.74) is 7.60. The minimum atomic E-state index is -2.69. The molecule has 3 aromatic carbocycles. The van der Waals surface area contributed by atoms with E-state index in [0.717, 1.165) is 45.9 Å². The highest BCUT2D eigenvalue weighted by atomic mass is 19.3. The predicted molar refractivity (Wildman–Crippen MR) is 155 cm³/mol. The van der Waals surface area contributed by atoms with Crippen LogP contribution < -0.4 is 10.1 Å². The lowest BCUT2D eigenvalue weighted by molar-refractivity contribution is -0.00829. The lowest BCUT2D eigenvalue weighted by Crippen LogP contribution is -2.11. The molecule has 1 aliphatic carbocycles. The monoisotopic (exact) mass is 527 g/mol. The van der Waals surface area contributed by atoms with E-state index >= 15 is 0 Å². The molecule has 4 aromatic rings. The summed E-state index contributed by atoms with van der Waals surface area (Å²) < 4.78 is 32.0. The molecule has 1 aliphatic rings. The Morgan fingerprint density at radius 3 is 1.87 bits per heavy atom. The van der Waals surface area contributed by atoms with Gasteiger partial charge in [0.25, 0.3) is 5.92 Å². The molecule has 1 heterocycles. The zero-order chi connectivity index (χ0) is 27.7. The highest BCUT2D eigenvalue weighted by Gasteiger charge is 2.28. The Balaban J connectivity index is 0.000000187. The van der Waals surface area contributed by atoms with Crippen LogP contribution in [0.25, 0.3) is 22.5 Å². The van der Waals surface area contributed by atoms with Crippen molar-refractivity contribution in [3.05, 3.63) is 108 Å². The molecule has 1 N–H and O–H groups in total. The first-order chi connectivity index (χ1) is 18.9. The molecule has 0 radical (unpaired) electrons. The number of hydrogen-bond donors (Lipinski definition) is 1. The van der Waals surface area contributed by atoms with E-state index < -0.39 is 5.92 Å². The lowest BCUT2D eigenvalue weighted by atomic mass is 9.91. The third-order valence-corrected chi connectivity index (χ3v) is 6.95. The number of aromatic nitrogens is 2. The third-order valence-electron chi connectivity index (χ3n) is 6.95. The van der Waals surface area contributed by atoms with E-state index in [1.807, 2.05) is 67.7 Å². The average Bonchev–Trinajstić information content (AvgIpc) is 2.97. The quantitative estimate of drug-likeness (QED) is 0.233. The van der Waals surface area contributed by atoms with Gasteiger partial charge in [-0.25, -0.2) is 8.78 Å². The van der Waals surface area contributed by atoms with Crippen LogP contribution >= 0.6 is 0 Å². The van der Waals surface area contributed by atoms with Crippen molar-refractivity contribution in [1.29, 1.82) is 0 Å². The number of benzene rings is 3. The maximum absolute atomic E-state index is 13.4. The molecule has 1 saturated carbocycles. The lowest BCUT2D eigenvalue weighted by Gasteiger charge is -2.16. The molecule has 202 valence electrons. The third kappa shape index (κ3) is 7.29. The molecule has 0 amide bonds. The normalized spacial score (nSPS) is 12.6. The summed E-state index contributed by atoms with van der Waals surface area (Å²) in [5.74, 6) is -1.86. The van der Waals surface area contributed by atoms with E-state index in [-0.39, 0.29) is 12.0 Å². The summed E-state index contributed by atoms with van der Waals surface area (Å²) in [7, 11) is 3.56. The Hall–Kier alpha value is -4.06. The first-order valence-corrected chi connectivity index (χ1v) is 13.3. The van der Waals surface area contributed by atoms with Crippen molar-refractivity contribution in [2.24, 2.45) is 0 Å². The fourth-order valence-corrected chi connectivity index (χ4v) is 4.24. The first-order valence-electron chi connectivity index (χ1n) is 13.3. The van der Waals surface area contributed by atoms with Crippen LogP contribution in [0.3, 0.4) is 0 Å². The van der Waals surface area contributed by atoms with E-state index in [9.17, 15) is 8.78 Å². The maximum atomic E-state index is 13.4. The SMILES string of the molecule is CCC(F)(F)c1ccc(CC=C2CCC2)cc1.CNc1ccc(-c2nccnc2-c2ccc(OC)cc2)cc1. The second kappa shape index (κ2) is 13.1. The van der Waals surface area contributed by atoms with Gasteiger partial charge in [-0.05, 0) is 67.6 Å². The number of halogens is 2. The van der Waals surface area contributed by atoms with Crippen molar-refractivity contribution in [2.45, 2.75) is 45.0 Å². The number of nitrogens with one attached hydrogen (secondary N) is 1. The van der Waals surface area contributed by atoms with Crippen molar-refractivity contribution in [3.63, 3.8) is 0 Å². The molecule has 0 unspecified atom stereocenters. The van der Waals surface area contributed by atoms with Crippen LogP contribution in [0.5, 0.6) is 5.75 Å². The topological polar surface area (TPSA) is 47.0 Å². The van der Waals surface area contributed by atoms with Crippen LogP contribution in [0.2, 0.25) is 0 Å². The largest absolute Gasteiger partial charge is 0.497 e. The number of anilines is 1. The highest BCUT2D eigenvalue weighted by molar-refractivity contribution is 5.78. The number of ether oxygens (including phenoxy) is 1. The Morgan fingerprint density at radius 1 is 0.846 bits per heavy atom. The summed E-state index contributed by atoms with van der Waals surface area (Å²) in [6.07, 6.45) is 10.1. The molecule has 1 aromatic heterocycles. The van der Waals surface area contributed by atoms with Crippen LogP contribution in [0.15, 0.2) is 96.8 Å². The predicted octanol–water partition coefficient (Wildman–Crippen LogP) is 8.70. The highest BCUT2D eigenvalue weighted by Crippen LogP contribution is 2.32. The summed E-state index contributed by atoms with van der Waals surface area (Å²) in [4.78, 5) is 9.01. The van der Waals surface area contributed by atoms with E-state index in [4.69, 9.17) is 4.74 Å². The van der Waals surface area contributed by atoms with Gasteiger partial charge in [-0.15, -0.1) is 0 Å². The van der Waals surface area contributed by atoms with Crippen molar-refractivity contribution in [2.75, 3.05) is 19.5 Å². The van der Waals surface area contributed by atoms with Gasteiger partial charge in [-0.3, -0.25) is 9.97 Å². The average molecular weight is 528 g/mol. The smallest absolute Gasteiger partial charge is 0.273 e. The molecule has 0 aliphatic heterocycles. The van der Waals surface area contributed by atoms with E-state index in [1.165, 1.54) is 31.8 Å². The molecule has 5 rings (SSSR count). The van der Waals surface area contributed by atoms with Gasteiger partial charge in [0, 0.05) is 48.2 Å². The molecule has 0 bridgehead atoms. The number of methoxy groups -OCH3 is 1. The van der Waals surface area contributed by atoms with Crippen molar-refractivity contribution in [3.8, 4) is 28.3 Å². The minimum Gasteiger partial charge on any atom is -0.497 e. The molecule has 0 saturated heterocycles. The Bertz CT molecular complexity index is 1290. The van der Waals surface area contributed by atoms with Gasteiger partial charge in [0.15, 0.2) is 0 Å². The van der Waals surface area contributed by atoms with E-state index in [1.54, 1.807) is 31.6 Å². The van der Waals surface area contributed by atoms with Crippen LogP contribution in [0, 0.1) is 0 Å². The molecule has 4 nitrogen and oxygen atoms in total. The van der Waals surface area contributed by atoms with Crippen LogP contribution in [0.4, 0.5) is 14.5 Å². The fraction of sp³-hybridized carbons (Fsp3) is 0.273.